The van der Waals surface area contributed by atoms with Crippen LogP contribution in [0.15, 0.2) is 218 Å². The zero-order valence-corrected chi connectivity index (χ0v) is 30.7. The van der Waals surface area contributed by atoms with Crippen LogP contribution in [-0.4, -0.2) is 4.57 Å². The first-order valence-corrected chi connectivity index (χ1v) is 19.3. The van der Waals surface area contributed by atoms with Gasteiger partial charge in [0.15, 0.2) is 0 Å². The number of benzene rings is 10. The Labute approximate surface area is 325 Å². The smallest absolute Gasteiger partial charge is 0.0547 e. The Morgan fingerprint density at radius 2 is 0.911 bits per heavy atom. The van der Waals surface area contributed by atoms with Crippen LogP contribution >= 0.6 is 0 Å². The monoisotopic (exact) mass is 712 g/mol. The van der Waals surface area contributed by atoms with Gasteiger partial charge in [-0.25, -0.2) is 0 Å². The van der Waals surface area contributed by atoms with Crippen LogP contribution in [0.4, 0.5) is 17.1 Å². The number of rotatable bonds is 6. The number of fused-ring (bicyclic) bond motifs is 6. The van der Waals surface area contributed by atoms with Gasteiger partial charge < -0.3 is 9.47 Å². The highest BCUT2D eigenvalue weighted by molar-refractivity contribution is 6.14. The molecule has 0 aliphatic carbocycles. The molecule has 0 unspecified atom stereocenters. The molecule has 0 aliphatic heterocycles. The van der Waals surface area contributed by atoms with Crippen molar-refractivity contribution in [2.75, 3.05) is 4.90 Å². The van der Waals surface area contributed by atoms with Crippen molar-refractivity contribution in [1.82, 2.24) is 4.57 Å². The van der Waals surface area contributed by atoms with Crippen LogP contribution < -0.4 is 4.90 Å². The van der Waals surface area contributed by atoms with Gasteiger partial charge in [-0.3, -0.25) is 0 Å². The molecule has 0 atom stereocenters. The molecule has 0 saturated carbocycles. The average Bonchev–Trinajstić information content (AvgIpc) is 3.59. The summed E-state index contributed by atoms with van der Waals surface area (Å²) in [6, 6.07) is 79.6. The fourth-order valence-corrected chi connectivity index (χ4v) is 8.66. The van der Waals surface area contributed by atoms with E-state index in [1.165, 1.54) is 76.4 Å². The Kier molecular flexibility index (Phi) is 7.53. The summed E-state index contributed by atoms with van der Waals surface area (Å²) in [5.41, 5.74) is 11.7. The summed E-state index contributed by atoms with van der Waals surface area (Å²) in [5, 5.41) is 9.84. The maximum absolute atomic E-state index is 2.43. The Morgan fingerprint density at radius 1 is 0.304 bits per heavy atom. The first-order chi connectivity index (χ1) is 27.8. The molecule has 2 heteroatoms. The van der Waals surface area contributed by atoms with Crippen molar-refractivity contribution < 1.29 is 0 Å². The van der Waals surface area contributed by atoms with E-state index in [1.54, 1.807) is 0 Å². The highest BCUT2D eigenvalue weighted by atomic mass is 15.1. The standard InChI is InChI=1S/C54H36N2/c1-3-14-37(15-4-1)38-26-28-44(29-27-38)55(46-33-42-20-9-10-22-47(42)50(36-46)39-16-5-2-6-17-39)52-25-13-21-43-32-45(30-31-48(43)52)56-53-24-12-11-23-49(53)51-34-40-18-7-8-19-41(40)35-54(51)56/h1-36H. The number of aromatic nitrogens is 1. The van der Waals surface area contributed by atoms with Gasteiger partial charge in [0.2, 0.25) is 0 Å². The van der Waals surface area contributed by atoms with Crippen LogP contribution in [0.1, 0.15) is 0 Å². The van der Waals surface area contributed by atoms with Crippen LogP contribution in [0.3, 0.4) is 0 Å². The van der Waals surface area contributed by atoms with E-state index in [-0.39, 0.29) is 0 Å². The zero-order chi connectivity index (χ0) is 37.0. The van der Waals surface area contributed by atoms with Gasteiger partial charge in [-0.15, -0.1) is 0 Å². The van der Waals surface area contributed by atoms with Crippen LogP contribution in [0.5, 0.6) is 0 Å². The number of anilines is 3. The van der Waals surface area contributed by atoms with Crippen LogP contribution in [0.2, 0.25) is 0 Å². The normalized spacial score (nSPS) is 11.6. The third-order valence-electron chi connectivity index (χ3n) is 11.3. The molecule has 0 amide bonds. The molecular weight excluding hydrogens is 677 g/mol. The van der Waals surface area contributed by atoms with E-state index < -0.39 is 0 Å². The van der Waals surface area contributed by atoms with Crippen LogP contribution in [-0.2, 0) is 0 Å². The molecule has 56 heavy (non-hydrogen) atoms. The molecule has 0 radical (unpaired) electrons. The molecule has 10 aromatic carbocycles. The lowest BCUT2D eigenvalue weighted by Crippen LogP contribution is -2.11. The van der Waals surface area contributed by atoms with Crippen molar-refractivity contribution in [2.45, 2.75) is 0 Å². The fraction of sp³-hybridized carbons (Fsp3) is 0. The second kappa shape index (κ2) is 13.2. The van der Waals surface area contributed by atoms with Crippen molar-refractivity contribution in [3.8, 4) is 27.9 Å². The molecule has 1 heterocycles. The summed E-state index contributed by atoms with van der Waals surface area (Å²) in [5.74, 6) is 0. The first-order valence-electron chi connectivity index (χ1n) is 19.3. The molecular formula is C54H36N2. The predicted molar refractivity (Wildman–Crippen MR) is 239 cm³/mol. The van der Waals surface area contributed by atoms with Crippen molar-refractivity contribution in [3.05, 3.63) is 218 Å². The predicted octanol–water partition coefficient (Wildman–Crippen LogP) is 15.0. The Balaban J connectivity index is 1.13. The largest absolute Gasteiger partial charge is 0.310 e. The molecule has 11 aromatic rings. The number of hydrogen-bond acceptors (Lipinski definition) is 1. The highest BCUT2D eigenvalue weighted by Gasteiger charge is 2.20. The lowest BCUT2D eigenvalue weighted by molar-refractivity contribution is 1.19. The van der Waals surface area contributed by atoms with Crippen LogP contribution in [0.25, 0.3) is 82.1 Å². The summed E-state index contributed by atoms with van der Waals surface area (Å²) in [6.07, 6.45) is 0. The van der Waals surface area contributed by atoms with E-state index in [1.807, 2.05) is 0 Å². The number of hydrogen-bond donors (Lipinski definition) is 0. The summed E-state index contributed by atoms with van der Waals surface area (Å²) in [4.78, 5) is 2.43. The Bertz CT molecular complexity index is 3230. The minimum atomic E-state index is 1.10. The summed E-state index contributed by atoms with van der Waals surface area (Å²) in [7, 11) is 0. The molecule has 0 spiro atoms. The minimum absolute atomic E-state index is 1.10. The van der Waals surface area contributed by atoms with E-state index >= 15 is 0 Å². The van der Waals surface area contributed by atoms with Crippen LogP contribution in [0, 0.1) is 0 Å². The highest BCUT2D eigenvalue weighted by Crippen LogP contribution is 2.44. The van der Waals surface area contributed by atoms with Gasteiger partial charge in [0.05, 0.1) is 16.7 Å². The minimum Gasteiger partial charge on any atom is -0.310 e. The molecule has 262 valence electrons. The summed E-state index contributed by atoms with van der Waals surface area (Å²) < 4.78 is 2.43. The average molecular weight is 713 g/mol. The van der Waals surface area contributed by atoms with E-state index in [4.69, 9.17) is 0 Å². The summed E-state index contributed by atoms with van der Waals surface area (Å²) in [6.45, 7) is 0. The second-order valence-corrected chi connectivity index (χ2v) is 14.6. The quantitative estimate of drug-likeness (QED) is 0.167. The van der Waals surface area contributed by atoms with Crippen molar-refractivity contribution >= 4 is 71.2 Å². The van der Waals surface area contributed by atoms with E-state index in [0.717, 1.165) is 22.7 Å². The zero-order valence-electron chi connectivity index (χ0n) is 30.7. The number of para-hydroxylation sites is 1. The Morgan fingerprint density at radius 3 is 1.70 bits per heavy atom. The van der Waals surface area contributed by atoms with Crippen molar-refractivity contribution in [3.63, 3.8) is 0 Å². The maximum Gasteiger partial charge on any atom is 0.0547 e. The van der Waals surface area contributed by atoms with Gasteiger partial charge in [-0.2, -0.15) is 0 Å². The van der Waals surface area contributed by atoms with E-state index in [2.05, 4.69) is 228 Å². The van der Waals surface area contributed by atoms with Gasteiger partial charge in [0.1, 0.15) is 0 Å². The number of nitrogens with zero attached hydrogens (tertiary/aromatic N) is 2. The fourth-order valence-electron chi connectivity index (χ4n) is 8.66. The molecule has 0 N–H and O–H groups in total. The third kappa shape index (κ3) is 5.34. The summed E-state index contributed by atoms with van der Waals surface area (Å²) >= 11 is 0. The maximum atomic E-state index is 2.43. The SMILES string of the molecule is c1ccc(-c2ccc(N(c3cc(-c4ccccc4)c4ccccc4c3)c3cccc4cc(-n5c6ccccc6c6cc7ccccc7cc65)ccc34)cc2)cc1. The van der Waals surface area contributed by atoms with Gasteiger partial charge in [0, 0.05) is 33.2 Å². The molecule has 1 aromatic heterocycles. The van der Waals surface area contributed by atoms with Gasteiger partial charge in [-0.05, 0) is 110 Å². The lowest BCUT2D eigenvalue weighted by Gasteiger charge is -2.28. The molecule has 0 bridgehead atoms. The first kappa shape index (κ1) is 32.0. The van der Waals surface area contributed by atoms with Crippen molar-refractivity contribution in [2.24, 2.45) is 0 Å². The van der Waals surface area contributed by atoms with E-state index in [9.17, 15) is 0 Å². The van der Waals surface area contributed by atoms with Gasteiger partial charge >= 0.3 is 0 Å². The van der Waals surface area contributed by atoms with E-state index in [0.29, 0.717) is 0 Å². The Hall–Kier alpha value is -7.42. The molecule has 0 fully saturated rings. The van der Waals surface area contributed by atoms with Gasteiger partial charge in [-0.1, -0.05) is 158 Å². The molecule has 0 aliphatic rings. The molecule has 2 nitrogen and oxygen atoms in total. The molecule has 0 saturated heterocycles. The van der Waals surface area contributed by atoms with Crippen molar-refractivity contribution in [1.29, 1.82) is 0 Å². The lowest BCUT2D eigenvalue weighted by atomic mass is 9.96. The molecule has 11 rings (SSSR count). The third-order valence-corrected chi connectivity index (χ3v) is 11.3. The topological polar surface area (TPSA) is 8.17 Å². The second-order valence-electron chi connectivity index (χ2n) is 14.6. The van der Waals surface area contributed by atoms with Gasteiger partial charge in [0.25, 0.3) is 0 Å².